The van der Waals surface area contributed by atoms with Gasteiger partial charge in [0.2, 0.25) is 0 Å². The number of nitrogens with one attached hydrogen (secondary N) is 1. The fourth-order valence-electron chi connectivity index (χ4n) is 4.95. The van der Waals surface area contributed by atoms with Crippen LogP contribution in [-0.2, 0) is 6.54 Å². The number of hydrogen-bond acceptors (Lipinski definition) is 2. The highest BCUT2D eigenvalue weighted by Crippen LogP contribution is 2.41. The minimum absolute atomic E-state index is 0.474. The summed E-state index contributed by atoms with van der Waals surface area (Å²) in [5, 5.41) is 15.8. The van der Waals surface area contributed by atoms with Gasteiger partial charge >= 0.3 is 0 Å². The third kappa shape index (κ3) is 4.93. The lowest BCUT2D eigenvalue weighted by Crippen LogP contribution is -2.25. The van der Waals surface area contributed by atoms with Gasteiger partial charge in [-0.3, -0.25) is 0 Å². The van der Waals surface area contributed by atoms with Gasteiger partial charge < -0.3 is 15.0 Å². The first-order valence-electron chi connectivity index (χ1n) is 12.8. The Morgan fingerprint density at radius 1 is 0.778 bits per heavy atom. The van der Waals surface area contributed by atoms with Crippen molar-refractivity contribution in [2.75, 3.05) is 11.9 Å². The molecular formula is C33H34N2O. The number of hydrogen-bond donors (Lipinski definition) is 2. The van der Waals surface area contributed by atoms with Crippen LogP contribution < -0.4 is 5.32 Å². The predicted molar refractivity (Wildman–Crippen MR) is 153 cm³/mol. The Bertz CT molecular complexity index is 1430. The van der Waals surface area contributed by atoms with Gasteiger partial charge in [-0.2, -0.15) is 0 Å². The van der Waals surface area contributed by atoms with Gasteiger partial charge in [0, 0.05) is 28.7 Å². The van der Waals surface area contributed by atoms with E-state index in [4.69, 9.17) is 0 Å². The lowest BCUT2D eigenvalue weighted by molar-refractivity contribution is 0.169. The quantitative estimate of drug-likeness (QED) is 0.240. The SMILES string of the molecule is Cc1ccc2c(c1)c(-c1ccccc1)c(-c1ccccc1)n2C[C@@H](O)CNc1ccc(C(C)C)cc1. The molecule has 5 rings (SSSR count). The first kappa shape index (κ1) is 23.9. The molecule has 0 amide bonds. The zero-order valence-corrected chi connectivity index (χ0v) is 21.3. The van der Waals surface area contributed by atoms with Crippen molar-refractivity contribution >= 4 is 16.6 Å². The van der Waals surface area contributed by atoms with E-state index in [0.717, 1.165) is 22.5 Å². The molecule has 1 atom stereocenters. The number of aliphatic hydroxyl groups excluding tert-OH is 1. The number of fused-ring (bicyclic) bond motifs is 1. The Labute approximate surface area is 214 Å². The largest absolute Gasteiger partial charge is 0.389 e. The molecule has 2 N–H and O–H groups in total. The molecule has 3 nitrogen and oxygen atoms in total. The molecule has 0 saturated heterocycles. The number of benzene rings is 4. The van der Waals surface area contributed by atoms with Crippen molar-refractivity contribution in [2.45, 2.75) is 39.3 Å². The standard InChI is InChI=1S/C33H34N2O/c1-23(2)25-15-17-28(18-16-25)34-21-29(36)22-35-31-19-14-24(3)20-30(31)32(26-10-6-4-7-11-26)33(35)27-12-8-5-9-13-27/h4-20,23,29,34,36H,21-22H2,1-3H3/t29-/m0/s1. The monoisotopic (exact) mass is 474 g/mol. The zero-order valence-electron chi connectivity index (χ0n) is 21.3. The summed E-state index contributed by atoms with van der Waals surface area (Å²) in [7, 11) is 0. The number of aromatic nitrogens is 1. The first-order valence-corrected chi connectivity index (χ1v) is 12.8. The second-order valence-electron chi connectivity index (χ2n) is 9.90. The highest BCUT2D eigenvalue weighted by atomic mass is 16.3. The fourth-order valence-corrected chi connectivity index (χ4v) is 4.95. The van der Waals surface area contributed by atoms with E-state index >= 15 is 0 Å². The summed E-state index contributed by atoms with van der Waals surface area (Å²) in [6.07, 6.45) is -0.558. The predicted octanol–water partition coefficient (Wildman–Crippen LogP) is 7.88. The van der Waals surface area contributed by atoms with E-state index in [-0.39, 0.29) is 0 Å². The number of nitrogens with zero attached hydrogens (tertiary/aromatic N) is 1. The Morgan fingerprint density at radius 3 is 2.06 bits per heavy atom. The molecule has 0 aliphatic carbocycles. The summed E-state index contributed by atoms with van der Waals surface area (Å²) >= 11 is 0. The molecule has 1 aromatic heterocycles. The highest BCUT2D eigenvalue weighted by molar-refractivity contribution is 6.04. The second-order valence-corrected chi connectivity index (χ2v) is 9.90. The normalized spacial score (nSPS) is 12.2. The molecule has 0 fully saturated rings. The van der Waals surface area contributed by atoms with Crippen LogP contribution in [0.1, 0.15) is 30.9 Å². The lowest BCUT2D eigenvalue weighted by Gasteiger charge is -2.18. The van der Waals surface area contributed by atoms with E-state index in [2.05, 4.69) is 128 Å². The van der Waals surface area contributed by atoms with Crippen LogP contribution in [0.25, 0.3) is 33.3 Å². The molecule has 4 aromatic carbocycles. The van der Waals surface area contributed by atoms with Crippen molar-refractivity contribution in [3.05, 3.63) is 114 Å². The molecule has 0 aliphatic rings. The van der Waals surface area contributed by atoms with Gasteiger partial charge in [-0.05, 0) is 53.8 Å². The molecule has 0 aliphatic heterocycles. The van der Waals surface area contributed by atoms with E-state index in [0.29, 0.717) is 19.0 Å². The van der Waals surface area contributed by atoms with Crippen LogP contribution in [0, 0.1) is 6.92 Å². The Kier molecular flexibility index (Phi) is 6.92. The van der Waals surface area contributed by atoms with Crippen molar-refractivity contribution < 1.29 is 5.11 Å². The van der Waals surface area contributed by atoms with Crippen molar-refractivity contribution in [2.24, 2.45) is 0 Å². The van der Waals surface area contributed by atoms with Gasteiger partial charge in [0.25, 0.3) is 0 Å². The number of anilines is 1. The second kappa shape index (κ2) is 10.4. The maximum absolute atomic E-state index is 11.2. The maximum Gasteiger partial charge on any atom is 0.0891 e. The molecule has 0 unspecified atom stereocenters. The van der Waals surface area contributed by atoms with Gasteiger partial charge in [0.1, 0.15) is 0 Å². The molecule has 3 heteroatoms. The molecule has 0 saturated carbocycles. The molecule has 1 heterocycles. The molecular weight excluding hydrogens is 440 g/mol. The summed E-state index contributed by atoms with van der Waals surface area (Å²) in [5.41, 5.74) is 9.39. The Balaban J connectivity index is 1.53. The number of aliphatic hydroxyl groups is 1. The van der Waals surface area contributed by atoms with Crippen LogP contribution in [0.3, 0.4) is 0 Å². The van der Waals surface area contributed by atoms with Crippen molar-refractivity contribution in [3.8, 4) is 22.4 Å². The Morgan fingerprint density at radius 2 is 1.42 bits per heavy atom. The van der Waals surface area contributed by atoms with Gasteiger partial charge in [-0.1, -0.05) is 98.3 Å². The third-order valence-electron chi connectivity index (χ3n) is 6.84. The van der Waals surface area contributed by atoms with Crippen LogP contribution in [0.5, 0.6) is 0 Å². The van der Waals surface area contributed by atoms with Crippen LogP contribution in [0.15, 0.2) is 103 Å². The first-order chi connectivity index (χ1) is 17.5. The zero-order chi connectivity index (χ0) is 25.1. The van der Waals surface area contributed by atoms with Gasteiger partial charge in [-0.15, -0.1) is 0 Å². The highest BCUT2D eigenvalue weighted by Gasteiger charge is 2.21. The molecule has 182 valence electrons. The lowest BCUT2D eigenvalue weighted by atomic mass is 9.98. The van der Waals surface area contributed by atoms with E-state index in [1.54, 1.807) is 0 Å². The van der Waals surface area contributed by atoms with E-state index in [9.17, 15) is 5.11 Å². The fraction of sp³-hybridized carbons (Fsp3) is 0.212. The molecule has 0 bridgehead atoms. The maximum atomic E-state index is 11.2. The van der Waals surface area contributed by atoms with Crippen LogP contribution in [-0.4, -0.2) is 22.3 Å². The van der Waals surface area contributed by atoms with Gasteiger partial charge in [-0.25, -0.2) is 0 Å². The average molecular weight is 475 g/mol. The molecule has 0 radical (unpaired) electrons. The van der Waals surface area contributed by atoms with Gasteiger partial charge in [0.15, 0.2) is 0 Å². The summed E-state index contributed by atoms with van der Waals surface area (Å²) in [6, 6.07) is 36.2. The molecule has 5 aromatic rings. The van der Waals surface area contributed by atoms with E-state index in [1.165, 1.54) is 27.6 Å². The smallest absolute Gasteiger partial charge is 0.0891 e. The molecule has 0 spiro atoms. The topological polar surface area (TPSA) is 37.2 Å². The number of rotatable bonds is 8. The molecule has 36 heavy (non-hydrogen) atoms. The number of aryl methyl sites for hydroxylation is 1. The average Bonchev–Trinajstić information content (AvgIpc) is 3.21. The minimum atomic E-state index is -0.558. The minimum Gasteiger partial charge on any atom is -0.389 e. The summed E-state index contributed by atoms with van der Waals surface area (Å²) in [4.78, 5) is 0. The Hall–Kier alpha value is -3.82. The summed E-state index contributed by atoms with van der Waals surface area (Å²) in [6.45, 7) is 7.50. The van der Waals surface area contributed by atoms with Crippen LogP contribution in [0.4, 0.5) is 5.69 Å². The van der Waals surface area contributed by atoms with Crippen molar-refractivity contribution in [3.63, 3.8) is 0 Å². The van der Waals surface area contributed by atoms with Gasteiger partial charge in [0.05, 0.1) is 18.3 Å². The van der Waals surface area contributed by atoms with E-state index in [1.807, 2.05) is 6.07 Å². The van der Waals surface area contributed by atoms with Crippen molar-refractivity contribution in [1.82, 2.24) is 4.57 Å². The third-order valence-corrected chi connectivity index (χ3v) is 6.84. The van der Waals surface area contributed by atoms with Crippen molar-refractivity contribution in [1.29, 1.82) is 0 Å². The van der Waals surface area contributed by atoms with Crippen LogP contribution in [0.2, 0.25) is 0 Å². The van der Waals surface area contributed by atoms with E-state index < -0.39 is 6.10 Å². The van der Waals surface area contributed by atoms with Crippen LogP contribution >= 0.6 is 0 Å². The summed E-state index contributed by atoms with van der Waals surface area (Å²) in [5.74, 6) is 0.505. The summed E-state index contributed by atoms with van der Waals surface area (Å²) < 4.78 is 2.29.